The molecule has 1 aromatic carbocycles. The summed E-state index contributed by atoms with van der Waals surface area (Å²) in [4.78, 5) is 34.0. The number of benzene rings is 1. The molecular weight excluding hydrogens is 288 g/mol. The summed E-state index contributed by atoms with van der Waals surface area (Å²) in [6, 6.07) is 6.43. The molecule has 2 atom stereocenters. The molecule has 7 heteroatoms. The van der Waals surface area contributed by atoms with Crippen LogP contribution >= 0.6 is 0 Å². The summed E-state index contributed by atoms with van der Waals surface area (Å²) in [6.07, 6.45) is 0.0165. The third kappa shape index (κ3) is 4.90. The van der Waals surface area contributed by atoms with E-state index in [0.717, 1.165) is 0 Å². The zero-order valence-electron chi connectivity index (χ0n) is 12.2. The highest BCUT2D eigenvalue weighted by Crippen LogP contribution is 2.14. The zero-order chi connectivity index (χ0) is 16.7. The Morgan fingerprint density at radius 2 is 1.91 bits per heavy atom. The van der Waals surface area contributed by atoms with Gasteiger partial charge in [-0.15, -0.1) is 0 Å². The second-order valence-electron chi connectivity index (χ2n) is 4.75. The lowest BCUT2D eigenvalue weighted by atomic mass is 9.98. The molecule has 0 aliphatic rings. The average molecular weight is 304 g/mol. The Hall–Kier alpha value is -2.88. The summed E-state index contributed by atoms with van der Waals surface area (Å²) in [7, 11) is 0. The number of amides is 1. The number of hydrogen-bond donors (Lipinski definition) is 2. The highest BCUT2D eigenvalue weighted by molar-refractivity contribution is 5.96. The maximum absolute atomic E-state index is 12.0. The maximum Gasteiger partial charge on any atom is 0.326 e. The van der Waals surface area contributed by atoms with Gasteiger partial charge in [0.1, 0.15) is 11.8 Å². The van der Waals surface area contributed by atoms with E-state index in [1.54, 1.807) is 6.92 Å². The van der Waals surface area contributed by atoms with Crippen LogP contribution in [0.25, 0.3) is 0 Å². The molecule has 0 saturated carbocycles. The molecule has 116 valence electrons. The van der Waals surface area contributed by atoms with Gasteiger partial charge in [0.05, 0.1) is 6.07 Å². The van der Waals surface area contributed by atoms with Crippen molar-refractivity contribution < 1.29 is 24.2 Å². The van der Waals surface area contributed by atoms with Gasteiger partial charge in [0, 0.05) is 24.8 Å². The van der Waals surface area contributed by atoms with Crippen molar-refractivity contribution >= 4 is 17.8 Å². The van der Waals surface area contributed by atoms with Crippen LogP contribution < -0.4 is 10.1 Å². The lowest BCUT2D eigenvalue weighted by Crippen LogP contribution is -2.45. The quantitative estimate of drug-likeness (QED) is 0.605. The van der Waals surface area contributed by atoms with Crippen molar-refractivity contribution in [2.24, 2.45) is 5.92 Å². The van der Waals surface area contributed by atoms with Crippen LogP contribution in [0.2, 0.25) is 0 Å². The Morgan fingerprint density at radius 1 is 1.32 bits per heavy atom. The van der Waals surface area contributed by atoms with Crippen molar-refractivity contribution in [3.8, 4) is 11.8 Å². The Kier molecular flexibility index (Phi) is 6.08. The van der Waals surface area contributed by atoms with Crippen molar-refractivity contribution in [2.75, 3.05) is 0 Å². The summed E-state index contributed by atoms with van der Waals surface area (Å²) in [6.45, 7) is 2.83. The summed E-state index contributed by atoms with van der Waals surface area (Å²) >= 11 is 0. The van der Waals surface area contributed by atoms with E-state index in [-0.39, 0.29) is 17.7 Å². The van der Waals surface area contributed by atoms with Gasteiger partial charge < -0.3 is 15.2 Å². The third-order valence-electron chi connectivity index (χ3n) is 2.91. The highest BCUT2D eigenvalue weighted by atomic mass is 16.5. The average Bonchev–Trinajstić information content (AvgIpc) is 2.44. The van der Waals surface area contributed by atoms with Crippen molar-refractivity contribution in [2.45, 2.75) is 26.3 Å². The van der Waals surface area contributed by atoms with Gasteiger partial charge >= 0.3 is 11.9 Å². The first kappa shape index (κ1) is 17.2. The minimum Gasteiger partial charge on any atom is -0.480 e. The third-order valence-corrected chi connectivity index (χ3v) is 2.91. The minimum absolute atomic E-state index is 0.0165. The van der Waals surface area contributed by atoms with Crippen molar-refractivity contribution in [3.05, 3.63) is 29.8 Å². The second-order valence-corrected chi connectivity index (χ2v) is 4.75. The zero-order valence-corrected chi connectivity index (χ0v) is 12.2. The Balaban J connectivity index is 2.80. The van der Waals surface area contributed by atoms with Crippen LogP contribution in [-0.2, 0) is 9.59 Å². The fraction of sp³-hybridized carbons (Fsp3) is 0.333. The molecule has 0 fully saturated rings. The molecule has 0 heterocycles. The van der Waals surface area contributed by atoms with Gasteiger partial charge in [0.2, 0.25) is 0 Å². The SMILES string of the molecule is CC(=O)Oc1ccc(C(=O)N[C@H](C(=O)O)[C@H](C)CC#N)cc1. The number of carboxylic acid groups (broad SMARTS) is 1. The van der Waals surface area contributed by atoms with Gasteiger partial charge in [-0.25, -0.2) is 4.79 Å². The normalized spacial score (nSPS) is 12.6. The molecule has 0 radical (unpaired) electrons. The maximum atomic E-state index is 12.0. The summed E-state index contributed by atoms with van der Waals surface area (Å²) < 4.78 is 4.84. The van der Waals surface area contributed by atoms with Gasteiger partial charge in [-0.05, 0) is 24.3 Å². The number of nitrogens with one attached hydrogen (secondary N) is 1. The molecule has 0 aromatic heterocycles. The molecule has 0 bridgehead atoms. The standard InChI is InChI=1S/C15H16N2O5/c1-9(7-8-16)13(15(20)21)17-14(19)11-3-5-12(6-4-11)22-10(2)18/h3-6,9,13H,7H2,1-2H3,(H,17,19)(H,20,21)/t9-,13+/m1/s1. The number of carboxylic acids is 1. The van der Waals surface area contributed by atoms with Crippen molar-refractivity contribution in [1.82, 2.24) is 5.32 Å². The number of esters is 1. The van der Waals surface area contributed by atoms with Crippen molar-refractivity contribution in [1.29, 1.82) is 5.26 Å². The highest BCUT2D eigenvalue weighted by Gasteiger charge is 2.26. The van der Waals surface area contributed by atoms with Gasteiger partial charge in [-0.2, -0.15) is 5.26 Å². The molecule has 0 saturated heterocycles. The molecule has 0 unspecified atom stereocenters. The van der Waals surface area contributed by atoms with E-state index in [0.29, 0.717) is 0 Å². The number of carbonyl (C=O) groups excluding carboxylic acids is 2. The lowest BCUT2D eigenvalue weighted by molar-refractivity contribution is -0.140. The van der Waals surface area contributed by atoms with E-state index >= 15 is 0 Å². The summed E-state index contributed by atoms with van der Waals surface area (Å²) in [5.74, 6) is -2.49. The fourth-order valence-corrected chi connectivity index (χ4v) is 1.77. The number of hydrogen-bond acceptors (Lipinski definition) is 5. The smallest absolute Gasteiger partial charge is 0.326 e. The largest absolute Gasteiger partial charge is 0.480 e. The van der Waals surface area contributed by atoms with E-state index in [1.807, 2.05) is 6.07 Å². The molecule has 0 spiro atoms. The first-order valence-electron chi connectivity index (χ1n) is 6.54. The number of carbonyl (C=O) groups is 3. The van der Waals surface area contributed by atoms with E-state index in [9.17, 15) is 14.4 Å². The molecule has 2 N–H and O–H groups in total. The Morgan fingerprint density at radius 3 is 2.36 bits per heavy atom. The van der Waals surface area contributed by atoms with Crippen LogP contribution in [0.5, 0.6) is 5.75 Å². The molecular formula is C15H16N2O5. The number of nitriles is 1. The number of rotatable bonds is 6. The van der Waals surface area contributed by atoms with Crippen LogP contribution in [0.15, 0.2) is 24.3 Å². The molecule has 7 nitrogen and oxygen atoms in total. The molecule has 0 aliphatic heterocycles. The van der Waals surface area contributed by atoms with E-state index in [2.05, 4.69) is 5.32 Å². The Bertz CT molecular complexity index is 603. The van der Waals surface area contributed by atoms with Gasteiger partial charge in [-0.1, -0.05) is 6.92 Å². The topological polar surface area (TPSA) is 116 Å². The number of ether oxygens (including phenoxy) is 1. The predicted octanol–water partition coefficient (Wildman–Crippen LogP) is 1.34. The Labute approximate surface area is 127 Å². The van der Waals surface area contributed by atoms with Crippen LogP contribution in [0.1, 0.15) is 30.6 Å². The van der Waals surface area contributed by atoms with E-state index in [1.165, 1.54) is 31.2 Å². The number of aliphatic carboxylic acids is 1. The molecule has 1 amide bonds. The van der Waals surface area contributed by atoms with Gasteiger partial charge in [0.25, 0.3) is 5.91 Å². The minimum atomic E-state index is -1.20. The van der Waals surface area contributed by atoms with Crippen LogP contribution in [0.4, 0.5) is 0 Å². The van der Waals surface area contributed by atoms with Crippen LogP contribution in [0.3, 0.4) is 0 Å². The molecule has 1 aromatic rings. The van der Waals surface area contributed by atoms with Gasteiger partial charge in [0.15, 0.2) is 0 Å². The van der Waals surface area contributed by atoms with Crippen LogP contribution in [-0.4, -0.2) is 29.0 Å². The molecule has 22 heavy (non-hydrogen) atoms. The predicted molar refractivity (Wildman–Crippen MR) is 76.0 cm³/mol. The van der Waals surface area contributed by atoms with Crippen LogP contribution in [0, 0.1) is 17.2 Å². The lowest BCUT2D eigenvalue weighted by Gasteiger charge is -2.19. The van der Waals surface area contributed by atoms with E-state index < -0.39 is 29.8 Å². The first-order valence-corrected chi connectivity index (χ1v) is 6.54. The molecule has 1 rings (SSSR count). The van der Waals surface area contributed by atoms with Gasteiger partial charge in [-0.3, -0.25) is 9.59 Å². The van der Waals surface area contributed by atoms with Crippen molar-refractivity contribution in [3.63, 3.8) is 0 Å². The second kappa shape index (κ2) is 7.78. The molecule has 0 aliphatic carbocycles. The first-order chi connectivity index (χ1) is 10.3. The fourth-order valence-electron chi connectivity index (χ4n) is 1.77. The summed E-state index contributed by atoms with van der Waals surface area (Å²) in [5, 5.41) is 20.1. The summed E-state index contributed by atoms with van der Waals surface area (Å²) in [5.41, 5.74) is 0.228. The number of nitrogens with zero attached hydrogens (tertiary/aromatic N) is 1. The van der Waals surface area contributed by atoms with E-state index in [4.69, 9.17) is 15.1 Å². The monoisotopic (exact) mass is 304 g/mol.